The lowest BCUT2D eigenvalue weighted by Gasteiger charge is -2.35. The van der Waals surface area contributed by atoms with Gasteiger partial charge in [0.1, 0.15) is 11.2 Å². The summed E-state index contributed by atoms with van der Waals surface area (Å²) in [5.74, 6) is 0. The Labute approximate surface area is 385 Å². The zero-order chi connectivity index (χ0) is 44.0. The van der Waals surface area contributed by atoms with E-state index in [4.69, 9.17) is 4.42 Å². The Morgan fingerprint density at radius 2 is 0.894 bits per heavy atom. The molecule has 0 aliphatic heterocycles. The van der Waals surface area contributed by atoms with Crippen molar-refractivity contribution in [2.45, 2.75) is 24.7 Å². The number of rotatable bonds is 7. The van der Waals surface area contributed by atoms with Crippen molar-refractivity contribution in [3.8, 4) is 44.5 Å². The van der Waals surface area contributed by atoms with E-state index < -0.39 is 5.41 Å². The van der Waals surface area contributed by atoms with Gasteiger partial charge in [0, 0.05) is 33.1 Å². The minimum absolute atomic E-state index is 0.176. The van der Waals surface area contributed by atoms with Crippen molar-refractivity contribution in [3.63, 3.8) is 0 Å². The highest BCUT2D eigenvalue weighted by molar-refractivity contribution is 6.06. The van der Waals surface area contributed by atoms with E-state index in [2.05, 4.69) is 243 Å². The molecule has 1 aromatic heterocycles. The number of nitrogens with zero attached hydrogens (tertiary/aromatic N) is 1. The Kier molecular flexibility index (Phi) is 8.51. The van der Waals surface area contributed by atoms with Gasteiger partial charge >= 0.3 is 0 Å². The minimum Gasteiger partial charge on any atom is -0.456 e. The van der Waals surface area contributed by atoms with Gasteiger partial charge in [0.15, 0.2) is 0 Å². The van der Waals surface area contributed by atoms with Crippen LogP contribution in [0, 0.1) is 0 Å². The van der Waals surface area contributed by atoms with Crippen LogP contribution >= 0.6 is 0 Å². The summed E-state index contributed by atoms with van der Waals surface area (Å²) in [6, 6.07) is 87.3. The number of benzene rings is 10. The molecule has 66 heavy (non-hydrogen) atoms. The van der Waals surface area contributed by atoms with Crippen LogP contribution in [0.2, 0.25) is 0 Å². The number of furan rings is 1. The van der Waals surface area contributed by atoms with E-state index in [1.54, 1.807) is 0 Å². The first-order valence-corrected chi connectivity index (χ1v) is 23.0. The van der Waals surface area contributed by atoms with Gasteiger partial charge in [-0.05, 0) is 127 Å². The molecule has 10 aromatic carbocycles. The maximum atomic E-state index is 6.22. The van der Waals surface area contributed by atoms with Crippen molar-refractivity contribution in [1.82, 2.24) is 0 Å². The summed E-state index contributed by atoms with van der Waals surface area (Å²) >= 11 is 0. The number of hydrogen-bond donors (Lipinski definition) is 0. The molecule has 1 heterocycles. The summed E-state index contributed by atoms with van der Waals surface area (Å²) in [4.78, 5) is 2.52. The second-order valence-corrected chi connectivity index (χ2v) is 18.4. The highest BCUT2D eigenvalue weighted by Gasteiger charge is 2.47. The van der Waals surface area contributed by atoms with Crippen molar-refractivity contribution in [2.75, 3.05) is 4.90 Å². The van der Waals surface area contributed by atoms with Gasteiger partial charge in [0.25, 0.3) is 0 Å². The van der Waals surface area contributed by atoms with Gasteiger partial charge in [-0.3, -0.25) is 0 Å². The first kappa shape index (κ1) is 38.3. The average Bonchev–Trinajstić information content (AvgIpc) is 3.98. The van der Waals surface area contributed by atoms with Gasteiger partial charge < -0.3 is 9.32 Å². The van der Waals surface area contributed by atoms with Gasteiger partial charge in [0.05, 0.1) is 11.1 Å². The fourth-order valence-corrected chi connectivity index (χ4v) is 11.5. The van der Waals surface area contributed by atoms with Crippen molar-refractivity contribution in [1.29, 1.82) is 0 Å². The molecule has 2 nitrogen and oxygen atoms in total. The summed E-state index contributed by atoms with van der Waals surface area (Å²) in [6.07, 6.45) is 0. The zero-order valence-electron chi connectivity index (χ0n) is 36.9. The molecule has 11 aromatic rings. The second-order valence-electron chi connectivity index (χ2n) is 18.4. The molecular formula is C64H45NO. The lowest BCUT2D eigenvalue weighted by molar-refractivity contribution is 0.660. The maximum absolute atomic E-state index is 6.22. The summed E-state index contributed by atoms with van der Waals surface area (Å²) in [6.45, 7) is 4.74. The molecular weight excluding hydrogens is 799 g/mol. The first-order chi connectivity index (χ1) is 32.5. The summed E-state index contributed by atoms with van der Waals surface area (Å²) < 4.78 is 6.22. The van der Waals surface area contributed by atoms with Crippen LogP contribution in [0.4, 0.5) is 17.1 Å². The molecule has 0 unspecified atom stereocenters. The van der Waals surface area contributed by atoms with E-state index in [1.807, 2.05) is 12.1 Å². The van der Waals surface area contributed by atoms with Gasteiger partial charge in [-0.2, -0.15) is 0 Å². The fourth-order valence-electron chi connectivity index (χ4n) is 11.5. The Hall–Kier alpha value is -8.20. The molecule has 0 saturated heterocycles. The van der Waals surface area contributed by atoms with E-state index in [0.717, 1.165) is 50.1 Å². The van der Waals surface area contributed by atoms with Gasteiger partial charge in [-0.15, -0.1) is 0 Å². The molecule has 0 radical (unpaired) electrons. The van der Waals surface area contributed by atoms with Crippen LogP contribution in [0.3, 0.4) is 0 Å². The molecule has 0 atom stereocenters. The monoisotopic (exact) mass is 843 g/mol. The normalized spacial score (nSPS) is 13.8. The highest BCUT2D eigenvalue weighted by atomic mass is 16.3. The Morgan fingerprint density at radius 3 is 1.62 bits per heavy atom. The Bertz CT molecular complexity index is 3620. The van der Waals surface area contributed by atoms with Gasteiger partial charge in [-0.1, -0.05) is 196 Å². The fraction of sp³-hybridized carbons (Fsp3) is 0.0625. The number of fused-ring (bicyclic) bond motifs is 9. The van der Waals surface area contributed by atoms with Crippen LogP contribution in [-0.2, 0) is 10.8 Å². The van der Waals surface area contributed by atoms with Crippen LogP contribution in [0.5, 0.6) is 0 Å². The predicted molar refractivity (Wildman–Crippen MR) is 274 cm³/mol. The van der Waals surface area contributed by atoms with Crippen LogP contribution in [-0.4, -0.2) is 0 Å². The molecule has 0 N–H and O–H groups in total. The molecule has 0 bridgehead atoms. The van der Waals surface area contributed by atoms with Gasteiger partial charge in [-0.25, -0.2) is 0 Å². The topological polar surface area (TPSA) is 16.4 Å². The second kappa shape index (κ2) is 14.7. The van der Waals surface area contributed by atoms with Crippen molar-refractivity contribution in [3.05, 3.63) is 270 Å². The molecule has 0 fully saturated rings. The lowest BCUT2D eigenvalue weighted by Crippen LogP contribution is -2.28. The molecule has 0 saturated carbocycles. The van der Waals surface area contributed by atoms with Crippen LogP contribution < -0.4 is 4.90 Å². The number of para-hydroxylation sites is 1. The predicted octanol–water partition coefficient (Wildman–Crippen LogP) is 17.1. The van der Waals surface area contributed by atoms with Crippen LogP contribution in [0.25, 0.3) is 66.4 Å². The Balaban J connectivity index is 1.08. The van der Waals surface area contributed by atoms with Crippen LogP contribution in [0.1, 0.15) is 47.2 Å². The zero-order valence-corrected chi connectivity index (χ0v) is 36.9. The van der Waals surface area contributed by atoms with E-state index in [1.165, 1.54) is 66.8 Å². The van der Waals surface area contributed by atoms with E-state index in [0.29, 0.717) is 0 Å². The number of anilines is 3. The minimum atomic E-state index is -0.564. The molecule has 2 aliphatic carbocycles. The highest BCUT2D eigenvalue weighted by Crippen LogP contribution is 2.59. The summed E-state index contributed by atoms with van der Waals surface area (Å²) in [7, 11) is 0. The standard InChI is InChI=1S/C64H45NO/c1-63(2)56-27-15-12-24-49(56)51-36-35-48(39-58(51)63)65(47-33-30-42(31-34-47)44-32-37-62-55(38-44)52-26-14-17-29-61(52)66-62)60-41-59-54(40-53(60)43-18-6-3-7-19-43)50-25-13-16-28-57(50)64(59,45-20-8-4-9-21-45)46-22-10-5-11-23-46/h3-41H,1-2H3. The number of hydrogen-bond acceptors (Lipinski definition) is 2. The van der Waals surface area contributed by atoms with E-state index in [9.17, 15) is 0 Å². The first-order valence-electron chi connectivity index (χ1n) is 23.0. The largest absolute Gasteiger partial charge is 0.456 e. The van der Waals surface area contributed by atoms with Gasteiger partial charge in [0.2, 0.25) is 0 Å². The molecule has 13 rings (SSSR count). The molecule has 312 valence electrons. The maximum Gasteiger partial charge on any atom is 0.135 e. The lowest BCUT2D eigenvalue weighted by atomic mass is 9.67. The van der Waals surface area contributed by atoms with Crippen molar-refractivity contribution >= 4 is 39.0 Å². The van der Waals surface area contributed by atoms with E-state index in [-0.39, 0.29) is 5.41 Å². The summed E-state index contributed by atoms with van der Waals surface area (Å²) in [5.41, 5.74) is 21.9. The quantitative estimate of drug-likeness (QED) is 0.159. The average molecular weight is 844 g/mol. The molecule has 0 spiro atoms. The van der Waals surface area contributed by atoms with Crippen molar-refractivity contribution in [2.24, 2.45) is 0 Å². The SMILES string of the molecule is CC1(C)c2ccccc2-c2ccc(N(c3ccc(-c4ccc5oc6ccccc6c5c4)cc3)c3cc4c(cc3-c3ccccc3)-c3ccccc3C4(c3ccccc3)c3ccccc3)cc21. The third-order valence-corrected chi connectivity index (χ3v) is 14.6. The third kappa shape index (κ3) is 5.61. The smallest absolute Gasteiger partial charge is 0.135 e. The van der Waals surface area contributed by atoms with Crippen molar-refractivity contribution < 1.29 is 4.42 Å². The molecule has 2 heteroatoms. The van der Waals surface area contributed by atoms with Crippen LogP contribution in [0.15, 0.2) is 241 Å². The third-order valence-electron chi connectivity index (χ3n) is 14.6. The molecule has 2 aliphatic rings. The Morgan fingerprint density at radius 1 is 0.333 bits per heavy atom. The van der Waals surface area contributed by atoms with E-state index >= 15 is 0 Å². The summed E-state index contributed by atoms with van der Waals surface area (Å²) in [5, 5.41) is 2.26. The molecule has 0 amide bonds.